The van der Waals surface area contributed by atoms with Gasteiger partial charge in [0.1, 0.15) is 17.2 Å². The molecule has 1 unspecified atom stereocenters. The number of fused-ring (bicyclic) bond motifs is 6. The quantitative estimate of drug-likeness (QED) is 0.226. The van der Waals surface area contributed by atoms with Gasteiger partial charge in [-0.25, -0.2) is 4.79 Å². The Balaban J connectivity index is 0.00000218. The van der Waals surface area contributed by atoms with Crippen LogP contribution in [-0.2, 0) is 10.3 Å². The van der Waals surface area contributed by atoms with Gasteiger partial charge in [0.05, 0.1) is 25.7 Å². The van der Waals surface area contributed by atoms with E-state index in [1.807, 2.05) is 0 Å². The summed E-state index contributed by atoms with van der Waals surface area (Å²) in [5.41, 5.74) is -0.683. The minimum Gasteiger partial charge on any atom is -0.872 e. The molecule has 1 atom stereocenters. The van der Waals surface area contributed by atoms with Gasteiger partial charge in [0.25, 0.3) is 0 Å². The van der Waals surface area contributed by atoms with Crippen LogP contribution < -0.4 is 39.4 Å². The number of rotatable bonds is 0. The van der Waals surface area contributed by atoms with Crippen LogP contribution in [0, 0.1) is 0 Å². The molecule has 10 heteroatoms. The first-order valence-corrected chi connectivity index (χ1v) is 9.69. The number of phenols is 1. The third-order valence-electron chi connectivity index (χ3n) is 4.97. The van der Waals surface area contributed by atoms with E-state index >= 15 is 0 Å². The third kappa shape index (κ3) is 2.77. The molecule has 5 nitrogen and oxygen atoms in total. The van der Waals surface area contributed by atoms with Crippen LogP contribution in [0.5, 0.6) is 23.0 Å². The zero-order chi connectivity index (χ0) is 20.7. The fourth-order valence-electron chi connectivity index (χ4n) is 3.80. The predicted molar refractivity (Wildman–Crippen MR) is 106 cm³/mol. The Bertz CT molecular complexity index is 1210. The molecule has 0 aromatic heterocycles. The molecule has 0 fully saturated rings. The molecule has 2 aliphatic rings. The molecule has 1 spiro atoms. The van der Waals surface area contributed by atoms with E-state index in [0.717, 1.165) is 0 Å². The average Bonchev–Trinajstić information content (AvgIpc) is 2.97. The minimum absolute atomic E-state index is 0. The molecule has 0 aliphatic carbocycles. The summed E-state index contributed by atoms with van der Waals surface area (Å²) in [5.74, 6) is -0.825. The first-order chi connectivity index (χ1) is 13.8. The summed E-state index contributed by atoms with van der Waals surface area (Å²) in [6.45, 7) is 0. The van der Waals surface area contributed by atoms with E-state index in [2.05, 4.69) is 0 Å². The Morgan fingerprint density at radius 1 is 0.867 bits per heavy atom. The van der Waals surface area contributed by atoms with Gasteiger partial charge in [-0.15, -0.1) is 5.75 Å². The van der Waals surface area contributed by atoms with Crippen molar-refractivity contribution in [2.75, 3.05) is 0 Å². The Labute approximate surface area is 212 Å². The molecular formula is C20H7Cl4NaO5. The van der Waals surface area contributed by atoms with Gasteiger partial charge < -0.3 is 19.7 Å². The normalized spacial score (nSPS) is 18.1. The van der Waals surface area contributed by atoms with Crippen molar-refractivity contribution in [3.8, 4) is 23.0 Å². The van der Waals surface area contributed by atoms with Crippen LogP contribution in [-0.4, -0.2) is 11.1 Å². The number of carbonyl (C=O) groups excluding carboxylic acids is 1. The maximum atomic E-state index is 12.9. The fraction of sp³-hybridized carbons (Fsp3) is 0.0500. The van der Waals surface area contributed by atoms with Gasteiger partial charge in [-0.05, 0) is 18.2 Å². The number of ether oxygens (including phenoxy) is 2. The maximum absolute atomic E-state index is 12.9. The van der Waals surface area contributed by atoms with Crippen LogP contribution >= 0.6 is 46.4 Å². The number of hydrogen-bond donors (Lipinski definition) is 1. The van der Waals surface area contributed by atoms with Gasteiger partial charge in [-0.3, -0.25) is 0 Å². The van der Waals surface area contributed by atoms with Crippen LogP contribution in [0.1, 0.15) is 27.0 Å². The van der Waals surface area contributed by atoms with Crippen molar-refractivity contribution in [2.45, 2.75) is 5.60 Å². The molecule has 5 rings (SSSR count). The Kier molecular flexibility index (Phi) is 5.39. The summed E-state index contributed by atoms with van der Waals surface area (Å²) < 4.78 is 11.7. The van der Waals surface area contributed by atoms with Gasteiger partial charge in [0, 0.05) is 22.8 Å². The van der Waals surface area contributed by atoms with Crippen molar-refractivity contribution in [3.05, 3.63) is 78.7 Å². The fourth-order valence-corrected chi connectivity index (χ4v) is 4.87. The summed E-state index contributed by atoms with van der Waals surface area (Å²) in [6.07, 6.45) is 0. The van der Waals surface area contributed by atoms with Crippen molar-refractivity contribution in [3.63, 3.8) is 0 Å². The van der Waals surface area contributed by atoms with Gasteiger partial charge in [-0.2, -0.15) is 0 Å². The van der Waals surface area contributed by atoms with Crippen molar-refractivity contribution in [1.82, 2.24) is 0 Å². The summed E-state index contributed by atoms with van der Waals surface area (Å²) in [7, 11) is 0. The molecule has 1 N–H and O–H groups in total. The molecule has 0 saturated carbocycles. The molecule has 146 valence electrons. The van der Waals surface area contributed by atoms with Crippen molar-refractivity contribution >= 4 is 52.4 Å². The van der Waals surface area contributed by atoms with Crippen LogP contribution in [0.3, 0.4) is 0 Å². The smallest absolute Gasteiger partial charge is 0.872 e. The van der Waals surface area contributed by atoms with Crippen molar-refractivity contribution in [1.29, 1.82) is 0 Å². The van der Waals surface area contributed by atoms with E-state index in [-0.39, 0.29) is 83.8 Å². The van der Waals surface area contributed by atoms with Gasteiger partial charge in [-0.1, -0.05) is 58.5 Å². The number of esters is 1. The van der Waals surface area contributed by atoms with E-state index < -0.39 is 11.6 Å². The monoisotopic (exact) mass is 490 g/mol. The van der Waals surface area contributed by atoms with E-state index in [0.29, 0.717) is 11.1 Å². The molecule has 2 aliphatic heterocycles. The van der Waals surface area contributed by atoms with Crippen molar-refractivity contribution in [2.24, 2.45) is 0 Å². The van der Waals surface area contributed by atoms with E-state index in [4.69, 9.17) is 55.9 Å². The number of benzene rings is 3. The number of halogens is 4. The molecule has 3 aromatic rings. The molecule has 0 saturated heterocycles. The van der Waals surface area contributed by atoms with E-state index in [9.17, 15) is 15.0 Å². The first kappa shape index (κ1) is 21.9. The van der Waals surface area contributed by atoms with Gasteiger partial charge in [0.15, 0.2) is 5.60 Å². The Morgan fingerprint density at radius 3 is 2.17 bits per heavy atom. The van der Waals surface area contributed by atoms with E-state index in [1.54, 1.807) is 0 Å². The predicted octanol–water partition coefficient (Wildman–Crippen LogP) is 2.65. The molecule has 0 radical (unpaired) electrons. The maximum Gasteiger partial charge on any atom is 1.00 e. The summed E-state index contributed by atoms with van der Waals surface area (Å²) >= 11 is 25.3. The summed E-state index contributed by atoms with van der Waals surface area (Å²) in [5, 5.41) is 21.6. The number of aromatic hydroxyl groups is 1. The minimum atomic E-state index is -1.59. The Morgan fingerprint density at radius 2 is 1.47 bits per heavy atom. The second kappa shape index (κ2) is 7.38. The van der Waals surface area contributed by atoms with Gasteiger partial charge >= 0.3 is 35.5 Å². The number of carbonyl (C=O) groups is 1. The largest absolute Gasteiger partial charge is 1.00 e. The second-order valence-corrected chi connectivity index (χ2v) is 8.03. The summed E-state index contributed by atoms with van der Waals surface area (Å²) in [4.78, 5) is 12.9. The zero-order valence-electron chi connectivity index (χ0n) is 15.1. The van der Waals surface area contributed by atoms with E-state index in [1.165, 1.54) is 36.4 Å². The van der Waals surface area contributed by atoms with Crippen LogP contribution in [0.15, 0.2) is 36.4 Å². The molecule has 2 heterocycles. The second-order valence-electron chi connectivity index (χ2n) is 6.52. The first-order valence-electron chi connectivity index (χ1n) is 8.18. The van der Waals surface area contributed by atoms with Crippen LogP contribution in [0.4, 0.5) is 0 Å². The van der Waals surface area contributed by atoms with Gasteiger partial charge in [0.2, 0.25) is 0 Å². The number of hydrogen-bond acceptors (Lipinski definition) is 5. The standard InChI is InChI=1S/C20H8Cl4O5.Na/c21-15-13-14(16(22)18(24)17(15)23)20(29-19(13)27)9-3-1-7(25)5-11(9)28-12-6-8(26)2-4-10(12)20;/h1-6,25-26H;/q;+1/p-1. The van der Waals surface area contributed by atoms with Crippen molar-refractivity contribution < 1.29 is 54.0 Å². The molecule has 0 amide bonds. The average molecular weight is 492 g/mol. The zero-order valence-corrected chi connectivity index (χ0v) is 20.1. The topological polar surface area (TPSA) is 78.8 Å². The third-order valence-corrected chi connectivity index (χ3v) is 6.77. The molecule has 30 heavy (non-hydrogen) atoms. The molecule has 0 bridgehead atoms. The van der Waals surface area contributed by atoms with Crippen LogP contribution in [0.25, 0.3) is 0 Å². The molecule has 3 aromatic carbocycles. The summed E-state index contributed by atoms with van der Waals surface area (Å²) in [6, 6.07) is 8.35. The molecular weight excluding hydrogens is 485 g/mol. The SMILES string of the molecule is O=C1OC2(c3ccc([O-])cc3Oc3cc(O)ccc32)c2c(Cl)c(Cl)c(Cl)c(Cl)c21.[Na+]. The van der Waals surface area contributed by atoms with Crippen LogP contribution in [0.2, 0.25) is 20.1 Å². The number of phenolic OH excluding ortho intramolecular Hbond substituents is 1. The Hall–Kier alpha value is -1.31.